The van der Waals surface area contributed by atoms with Gasteiger partial charge in [0.05, 0.1) is 0 Å². The Balaban J connectivity index is 2.34. The predicted molar refractivity (Wildman–Crippen MR) is 79.2 cm³/mol. The molecule has 0 amide bonds. The Morgan fingerprint density at radius 1 is 1.33 bits per heavy atom. The highest BCUT2D eigenvalue weighted by molar-refractivity contribution is 6.31. The summed E-state index contributed by atoms with van der Waals surface area (Å²) >= 11 is 6.20. The Morgan fingerprint density at radius 3 is 2.44 bits per heavy atom. The Kier molecular flexibility index (Phi) is 3.75. The number of nitrogens with one attached hydrogen (secondary N) is 1. The molecule has 0 aliphatic heterocycles. The van der Waals surface area contributed by atoms with Crippen molar-refractivity contribution in [1.82, 2.24) is 5.32 Å². The van der Waals surface area contributed by atoms with Gasteiger partial charge in [0.2, 0.25) is 0 Å². The maximum absolute atomic E-state index is 6.20. The van der Waals surface area contributed by atoms with Gasteiger partial charge in [-0.05, 0) is 60.9 Å². The number of hydrogen-bond acceptors (Lipinski definition) is 1. The number of hydrogen-bond donors (Lipinski definition) is 1. The second-order valence-corrected chi connectivity index (χ2v) is 6.70. The Bertz CT molecular complexity index is 451. The van der Waals surface area contributed by atoms with Crippen molar-refractivity contribution in [3.8, 4) is 0 Å². The molecule has 1 aromatic rings. The van der Waals surface area contributed by atoms with E-state index in [-0.39, 0.29) is 0 Å². The first-order valence-electron chi connectivity index (χ1n) is 6.87. The van der Waals surface area contributed by atoms with Gasteiger partial charge >= 0.3 is 0 Å². The van der Waals surface area contributed by atoms with Gasteiger partial charge in [-0.3, -0.25) is 0 Å². The minimum absolute atomic E-state index is 0.473. The molecule has 2 rings (SSSR count). The highest BCUT2D eigenvalue weighted by atomic mass is 35.5. The van der Waals surface area contributed by atoms with E-state index in [1.165, 1.54) is 23.1 Å². The van der Waals surface area contributed by atoms with Gasteiger partial charge in [-0.15, -0.1) is 0 Å². The average molecular weight is 266 g/mol. The lowest BCUT2D eigenvalue weighted by molar-refractivity contribution is 0.422. The first kappa shape index (κ1) is 13.9. The zero-order valence-corrected chi connectivity index (χ0v) is 12.9. The summed E-state index contributed by atoms with van der Waals surface area (Å²) in [6.07, 6.45) is 1.31. The van der Waals surface area contributed by atoms with Gasteiger partial charge in [-0.25, -0.2) is 0 Å². The van der Waals surface area contributed by atoms with Gasteiger partial charge in [-0.2, -0.15) is 0 Å². The molecule has 2 atom stereocenters. The van der Waals surface area contributed by atoms with Crippen molar-refractivity contribution in [2.24, 2.45) is 11.3 Å². The summed E-state index contributed by atoms with van der Waals surface area (Å²) in [6, 6.07) is 4.84. The summed E-state index contributed by atoms with van der Waals surface area (Å²) in [5.41, 5.74) is 4.39. The predicted octanol–water partition coefficient (Wildman–Crippen LogP) is 4.65. The maximum atomic E-state index is 6.20. The molecule has 0 saturated heterocycles. The minimum Gasteiger partial charge on any atom is -0.310 e. The first-order valence-corrected chi connectivity index (χ1v) is 7.24. The van der Waals surface area contributed by atoms with E-state index in [4.69, 9.17) is 11.6 Å². The van der Waals surface area contributed by atoms with Crippen LogP contribution in [0.4, 0.5) is 0 Å². The van der Waals surface area contributed by atoms with Gasteiger partial charge in [-0.1, -0.05) is 38.4 Å². The van der Waals surface area contributed by atoms with Crippen molar-refractivity contribution in [2.75, 3.05) is 6.54 Å². The van der Waals surface area contributed by atoms with Crippen molar-refractivity contribution in [2.45, 2.75) is 47.1 Å². The van der Waals surface area contributed by atoms with Gasteiger partial charge in [0.15, 0.2) is 0 Å². The quantitative estimate of drug-likeness (QED) is 0.835. The van der Waals surface area contributed by atoms with Crippen LogP contribution in [0.2, 0.25) is 5.02 Å². The Hall–Kier alpha value is -0.530. The van der Waals surface area contributed by atoms with Crippen LogP contribution in [0, 0.1) is 25.2 Å². The second-order valence-electron chi connectivity index (χ2n) is 6.29. The molecule has 1 nitrogen and oxygen atoms in total. The Labute approximate surface area is 116 Å². The van der Waals surface area contributed by atoms with E-state index in [0.717, 1.165) is 17.5 Å². The highest BCUT2D eigenvalue weighted by Gasteiger charge is 2.50. The molecular weight excluding hydrogens is 242 g/mol. The van der Waals surface area contributed by atoms with Crippen molar-refractivity contribution in [3.63, 3.8) is 0 Å². The second kappa shape index (κ2) is 4.86. The monoisotopic (exact) mass is 265 g/mol. The standard InChI is InChI=1S/C16H24ClN/c1-6-18-15(13-9-16(13,4)5)12-7-11(3)14(17)8-10(12)2/h7-8,13,15,18H,6,9H2,1-5H3. The topological polar surface area (TPSA) is 12.0 Å². The lowest BCUT2D eigenvalue weighted by atomic mass is 9.92. The number of halogens is 1. The molecule has 18 heavy (non-hydrogen) atoms. The third kappa shape index (κ3) is 2.57. The molecule has 0 heterocycles. The van der Waals surface area contributed by atoms with E-state index in [2.05, 4.69) is 52.1 Å². The molecule has 0 spiro atoms. The molecule has 0 aromatic heterocycles. The number of benzene rings is 1. The van der Waals surface area contributed by atoms with E-state index in [0.29, 0.717) is 11.5 Å². The van der Waals surface area contributed by atoms with Crippen LogP contribution in [0.25, 0.3) is 0 Å². The SMILES string of the molecule is CCNC(c1cc(C)c(Cl)cc1C)C1CC1(C)C. The van der Waals surface area contributed by atoms with Crippen molar-refractivity contribution >= 4 is 11.6 Å². The van der Waals surface area contributed by atoms with Gasteiger partial charge in [0, 0.05) is 11.1 Å². The maximum Gasteiger partial charge on any atom is 0.0438 e. The third-order valence-corrected chi connectivity index (χ3v) is 4.71. The number of aryl methyl sites for hydroxylation is 2. The van der Waals surface area contributed by atoms with E-state index in [1.807, 2.05) is 0 Å². The van der Waals surface area contributed by atoms with Crippen LogP contribution in [0.15, 0.2) is 12.1 Å². The summed E-state index contributed by atoms with van der Waals surface area (Å²) in [6.45, 7) is 12.2. The van der Waals surface area contributed by atoms with E-state index in [9.17, 15) is 0 Å². The molecule has 2 unspecified atom stereocenters. The fourth-order valence-corrected chi connectivity index (χ4v) is 3.12. The van der Waals surface area contributed by atoms with Crippen LogP contribution in [0.1, 0.15) is 49.9 Å². The van der Waals surface area contributed by atoms with Crippen LogP contribution in [0.3, 0.4) is 0 Å². The summed E-state index contributed by atoms with van der Waals surface area (Å²) in [7, 11) is 0. The lowest BCUT2D eigenvalue weighted by Crippen LogP contribution is -2.25. The normalized spacial score (nSPS) is 22.9. The molecule has 1 fully saturated rings. The molecule has 2 heteroatoms. The Morgan fingerprint density at radius 2 is 1.94 bits per heavy atom. The number of rotatable bonds is 4. The fraction of sp³-hybridized carbons (Fsp3) is 0.625. The van der Waals surface area contributed by atoms with Gasteiger partial charge in [0.25, 0.3) is 0 Å². The highest BCUT2D eigenvalue weighted by Crippen LogP contribution is 2.58. The molecule has 100 valence electrons. The fourth-order valence-electron chi connectivity index (χ4n) is 2.90. The van der Waals surface area contributed by atoms with Crippen LogP contribution < -0.4 is 5.32 Å². The summed E-state index contributed by atoms with van der Waals surface area (Å²) in [4.78, 5) is 0. The first-order chi connectivity index (χ1) is 8.36. The van der Waals surface area contributed by atoms with Gasteiger partial charge in [0.1, 0.15) is 0 Å². The average Bonchev–Trinajstić information content (AvgIpc) is 2.90. The molecule has 1 aromatic carbocycles. The molecule has 0 bridgehead atoms. The smallest absolute Gasteiger partial charge is 0.0438 e. The molecule has 1 aliphatic rings. The molecule has 1 aliphatic carbocycles. The third-order valence-electron chi connectivity index (χ3n) is 4.30. The summed E-state index contributed by atoms with van der Waals surface area (Å²) < 4.78 is 0. The van der Waals surface area contributed by atoms with Crippen LogP contribution in [0.5, 0.6) is 0 Å². The van der Waals surface area contributed by atoms with E-state index >= 15 is 0 Å². The van der Waals surface area contributed by atoms with E-state index in [1.54, 1.807) is 0 Å². The van der Waals surface area contributed by atoms with Crippen LogP contribution >= 0.6 is 11.6 Å². The lowest BCUT2D eigenvalue weighted by Gasteiger charge is -2.23. The zero-order valence-electron chi connectivity index (χ0n) is 12.1. The summed E-state index contributed by atoms with van der Waals surface area (Å²) in [5, 5.41) is 4.54. The van der Waals surface area contributed by atoms with Crippen molar-refractivity contribution in [1.29, 1.82) is 0 Å². The molecular formula is C16H24ClN. The van der Waals surface area contributed by atoms with Crippen molar-refractivity contribution in [3.05, 3.63) is 33.8 Å². The molecule has 1 N–H and O–H groups in total. The molecule has 1 saturated carbocycles. The van der Waals surface area contributed by atoms with E-state index < -0.39 is 0 Å². The van der Waals surface area contributed by atoms with Crippen LogP contribution in [-0.2, 0) is 0 Å². The van der Waals surface area contributed by atoms with Gasteiger partial charge < -0.3 is 5.32 Å². The zero-order chi connectivity index (χ0) is 13.5. The van der Waals surface area contributed by atoms with Crippen LogP contribution in [-0.4, -0.2) is 6.54 Å². The largest absolute Gasteiger partial charge is 0.310 e. The van der Waals surface area contributed by atoms with Crippen molar-refractivity contribution < 1.29 is 0 Å². The molecule has 0 radical (unpaired) electrons. The minimum atomic E-state index is 0.473. The summed E-state index contributed by atoms with van der Waals surface area (Å²) in [5.74, 6) is 0.747.